The summed E-state index contributed by atoms with van der Waals surface area (Å²) in [7, 11) is -3.55. The molecule has 0 aliphatic heterocycles. The maximum atomic E-state index is 12.1. The number of carbonyl (C=O) groups excluding carboxylic acids is 1. The Kier molecular flexibility index (Phi) is 5.52. The van der Waals surface area contributed by atoms with E-state index < -0.39 is 21.5 Å². The zero-order valence-corrected chi connectivity index (χ0v) is 13.8. The van der Waals surface area contributed by atoms with Crippen LogP contribution in [0.4, 0.5) is 0 Å². The summed E-state index contributed by atoms with van der Waals surface area (Å²) in [5.41, 5.74) is 0.453. The Labute approximate surface area is 134 Å². The zero-order valence-electron chi connectivity index (χ0n) is 11.4. The van der Waals surface area contributed by atoms with Crippen molar-refractivity contribution in [3.8, 4) is 0 Å². The molecule has 1 aromatic carbocycles. The summed E-state index contributed by atoms with van der Waals surface area (Å²) in [5, 5.41) is 3.51. The molecular formula is C14H17Cl2NO3S. The van der Waals surface area contributed by atoms with E-state index >= 15 is 0 Å². The quantitative estimate of drug-likeness (QED) is 0.888. The molecule has 21 heavy (non-hydrogen) atoms. The molecule has 7 heteroatoms. The van der Waals surface area contributed by atoms with E-state index in [2.05, 4.69) is 5.32 Å². The van der Waals surface area contributed by atoms with Crippen LogP contribution < -0.4 is 5.32 Å². The van der Waals surface area contributed by atoms with Gasteiger partial charge in [0.1, 0.15) is 5.75 Å². The highest BCUT2D eigenvalue weighted by Gasteiger charge is 2.22. The average Bonchev–Trinajstić information content (AvgIpc) is 2.84. The molecule has 1 N–H and O–H groups in total. The van der Waals surface area contributed by atoms with Gasteiger partial charge in [-0.3, -0.25) is 4.79 Å². The van der Waals surface area contributed by atoms with Crippen molar-refractivity contribution in [2.45, 2.75) is 37.5 Å². The molecule has 0 heterocycles. The highest BCUT2D eigenvalue weighted by Crippen LogP contribution is 2.23. The molecule has 1 fully saturated rings. The lowest BCUT2D eigenvalue weighted by atomic mass is 10.2. The van der Waals surface area contributed by atoms with Gasteiger partial charge in [-0.2, -0.15) is 0 Å². The highest BCUT2D eigenvalue weighted by atomic mass is 35.5. The minimum absolute atomic E-state index is 0.117. The second-order valence-corrected chi connectivity index (χ2v) is 8.22. The zero-order chi connectivity index (χ0) is 15.5. The Morgan fingerprint density at radius 3 is 2.52 bits per heavy atom. The fourth-order valence-corrected chi connectivity index (χ4v) is 4.33. The number of nitrogens with one attached hydrogen (secondary N) is 1. The first kappa shape index (κ1) is 16.6. The second-order valence-electron chi connectivity index (χ2n) is 5.32. The number of carbonyl (C=O) groups is 1. The summed E-state index contributed by atoms with van der Waals surface area (Å²) in [4.78, 5) is 11.8. The molecule has 1 aliphatic carbocycles. The number of halogens is 2. The Morgan fingerprint density at radius 2 is 1.90 bits per heavy atom. The van der Waals surface area contributed by atoms with Gasteiger partial charge in [0.15, 0.2) is 9.84 Å². The first-order chi connectivity index (χ1) is 9.85. The number of hydrogen-bond donors (Lipinski definition) is 1. The smallest absolute Gasteiger partial charge is 0.235 e. The Balaban J connectivity index is 1.96. The van der Waals surface area contributed by atoms with E-state index in [9.17, 15) is 13.2 Å². The Bertz CT molecular complexity index is 625. The SMILES string of the molecule is O=C(CS(=O)(=O)Cc1ccc(Cl)cc1Cl)NC1CCCC1. The molecule has 0 saturated heterocycles. The van der Waals surface area contributed by atoms with Crippen LogP contribution >= 0.6 is 23.2 Å². The van der Waals surface area contributed by atoms with Gasteiger partial charge in [-0.15, -0.1) is 0 Å². The van der Waals surface area contributed by atoms with E-state index in [4.69, 9.17) is 23.2 Å². The first-order valence-corrected chi connectivity index (χ1v) is 9.37. The number of rotatable bonds is 5. The minimum atomic E-state index is -3.55. The molecule has 1 amide bonds. The van der Waals surface area contributed by atoms with Crippen molar-refractivity contribution in [1.29, 1.82) is 0 Å². The predicted octanol–water partition coefficient (Wildman–Crippen LogP) is 2.97. The van der Waals surface area contributed by atoms with Crippen LogP contribution in [0.2, 0.25) is 10.0 Å². The van der Waals surface area contributed by atoms with E-state index in [1.54, 1.807) is 12.1 Å². The predicted molar refractivity (Wildman–Crippen MR) is 84.4 cm³/mol. The molecule has 1 aliphatic rings. The minimum Gasteiger partial charge on any atom is -0.352 e. The summed E-state index contributed by atoms with van der Waals surface area (Å²) >= 11 is 11.7. The number of sulfone groups is 1. The molecule has 0 bridgehead atoms. The summed E-state index contributed by atoms with van der Waals surface area (Å²) in [6.45, 7) is 0. The van der Waals surface area contributed by atoms with Crippen molar-refractivity contribution in [1.82, 2.24) is 5.32 Å². The molecule has 0 aromatic heterocycles. The van der Waals surface area contributed by atoms with Crippen LogP contribution in [0.15, 0.2) is 18.2 Å². The lowest BCUT2D eigenvalue weighted by molar-refractivity contribution is -0.119. The lowest BCUT2D eigenvalue weighted by Crippen LogP contribution is -2.37. The molecule has 0 spiro atoms. The van der Waals surface area contributed by atoms with Crippen LogP contribution in [0.3, 0.4) is 0 Å². The van der Waals surface area contributed by atoms with Crippen molar-refractivity contribution in [3.63, 3.8) is 0 Å². The van der Waals surface area contributed by atoms with E-state index in [0.29, 0.717) is 15.6 Å². The van der Waals surface area contributed by atoms with Gasteiger partial charge in [-0.05, 0) is 30.5 Å². The molecule has 1 saturated carbocycles. The molecule has 2 rings (SSSR count). The lowest BCUT2D eigenvalue weighted by Gasteiger charge is -2.12. The highest BCUT2D eigenvalue weighted by molar-refractivity contribution is 7.91. The van der Waals surface area contributed by atoms with Gasteiger partial charge in [0.2, 0.25) is 5.91 Å². The third kappa shape index (κ3) is 5.16. The third-order valence-electron chi connectivity index (χ3n) is 3.46. The van der Waals surface area contributed by atoms with E-state index in [1.165, 1.54) is 6.07 Å². The maximum Gasteiger partial charge on any atom is 0.235 e. The molecule has 4 nitrogen and oxygen atoms in total. The molecule has 0 atom stereocenters. The monoisotopic (exact) mass is 349 g/mol. The Hall–Kier alpha value is -0.780. The van der Waals surface area contributed by atoms with E-state index in [-0.39, 0.29) is 11.8 Å². The normalized spacial score (nSPS) is 16.1. The van der Waals surface area contributed by atoms with Crippen molar-refractivity contribution >= 4 is 38.9 Å². The van der Waals surface area contributed by atoms with Gasteiger partial charge in [0.25, 0.3) is 0 Å². The maximum absolute atomic E-state index is 12.1. The summed E-state index contributed by atoms with van der Waals surface area (Å²) in [6.07, 6.45) is 4.01. The van der Waals surface area contributed by atoms with Gasteiger partial charge in [0, 0.05) is 16.1 Å². The van der Waals surface area contributed by atoms with Crippen LogP contribution in [0.25, 0.3) is 0 Å². The van der Waals surface area contributed by atoms with Crippen LogP contribution in [-0.2, 0) is 20.4 Å². The molecule has 116 valence electrons. The molecule has 1 aromatic rings. The van der Waals surface area contributed by atoms with Crippen molar-refractivity contribution in [2.75, 3.05) is 5.75 Å². The van der Waals surface area contributed by atoms with Crippen molar-refractivity contribution < 1.29 is 13.2 Å². The number of amides is 1. The number of benzene rings is 1. The second kappa shape index (κ2) is 6.99. The van der Waals surface area contributed by atoms with Gasteiger partial charge < -0.3 is 5.32 Å². The molecular weight excluding hydrogens is 333 g/mol. The topological polar surface area (TPSA) is 63.2 Å². The van der Waals surface area contributed by atoms with Gasteiger partial charge in [0.05, 0.1) is 5.75 Å². The van der Waals surface area contributed by atoms with Gasteiger partial charge >= 0.3 is 0 Å². The van der Waals surface area contributed by atoms with Gasteiger partial charge in [-0.25, -0.2) is 8.42 Å². The van der Waals surface area contributed by atoms with E-state index in [0.717, 1.165) is 25.7 Å². The van der Waals surface area contributed by atoms with Crippen LogP contribution in [0, 0.1) is 0 Å². The fourth-order valence-electron chi connectivity index (χ4n) is 2.47. The summed E-state index contributed by atoms with van der Waals surface area (Å²) in [5.74, 6) is -1.21. The standard InChI is InChI=1S/C14H17Cl2NO3S/c15-11-6-5-10(13(16)7-11)8-21(19,20)9-14(18)17-12-3-1-2-4-12/h5-7,12H,1-4,8-9H2,(H,17,18). The van der Waals surface area contributed by atoms with Crippen LogP contribution in [0.5, 0.6) is 0 Å². The van der Waals surface area contributed by atoms with Crippen LogP contribution in [0.1, 0.15) is 31.2 Å². The summed E-state index contributed by atoms with van der Waals surface area (Å²) < 4.78 is 24.1. The fraction of sp³-hybridized carbons (Fsp3) is 0.500. The summed E-state index contributed by atoms with van der Waals surface area (Å²) in [6, 6.07) is 4.76. The van der Waals surface area contributed by atoms with Crippen LogP contribution in [-0.4, -0.2) is 26.1 Å². The molecule has 0 radical (unpaired) electrons. The first-order valence-electron chi connectivity index (χ1n) is 6.79. The van der Waals surface area contributed by atoms with E-state index in [1.807, 2.05) is 0 Å². The molecule has 0 unspecified atom stereocenters. The third-order valence-corrected chi connectivity index (χ3v) is 5.50. The Morgan fingerprint density at radius 1 is 1.24 bits per heavy atom. The largest absolute Gasteiger partial charge is 0.352 e. The van der Waals surface area contributed by atoms with Gasteiger partial charge in [-0.1, -0.05) is 42.1 Å². The number of hydrogen-bond acceptors (Lipinski definition) is 3. The average molecular weight is 350 g/mol. The van der Waals surface area contributed by atoms with Crippen molar-refractivity contribution in [2.24, 2.45) is 0 Å². The van der Waals surface area contributed by atoms with Crippen molar-refractivity contribution in [3.05, 3.63) is 33.8 Å².